The van der Waals surface area contributed by atoms with Crippen LogP contribution in [0.4, 0.5) is 0 Å². The van der Waals surface area contributed by atoms with E-state index < -0.39 is 0 Å². The van der Waals surface area contributed by atoms with Crippen molar-refractivity contribution in [3.8, 4) is 0 Å². The van der Waals surface area contributed by atoms with Gasteiger partial charge in [0.05, 0.1) is 12.7 Å². The summed E-state index contributed by atoms with van der Waals surface area (Å²) in [5.41, 5.74) is 9.02. The van der Waals surface area contributed by atoms with Crippen molar-refractivity contribution in [2.75, 3.05) is 18.1 Å². The van der Waals surface area contributed by atoms with E-state index in [1.165, 1.54) is 16.9 Å². The third kappa shape index (κ3) is 4.51. The minimum absolute atomic E-state index is 0.194. The van der Waals surface area contributed by atoms with Crippen molar-refractivity contribution in [2.24, 2.45) is 11.7 Å². The van der Waals surface area contributed by atoms with Gasteiger partial charge in [-0.1, -0.05) is 38.1 Å². The molecule has 0 spiro atoms. The first-order chi connectivity index (χ1) is 9.16. The van der Waals surface area contributed by atoms with E-state index in [2.05, 4.69) is 38.1 Å². The molecule has 2 N–H and O–H groups in total. The molecule has 1 aliphatic heterocycles. The first-order valence-electron chi connectivity index (χ1n) is 7.19. The number of benzene rings is 1. The summed E-state index contributed by atoms with van der Waals surface area (Å²) in [7, 11) is 0. The standard InChI is InChI=1S/C16H25NOS/c1-12(2)10-19-11-14(17)9-16-15-6-4-3-5-13(15)7-8-18-16/h3-6,12,14,16H,7-11,17H2,1-2H3. The van der Waals surface area contributed by atoms with Gasteiger partial charge in [0.1, 0.15) is 0 Å². The number of fused-ring (bicyclic) bond motifs is 1. The Labute approximate surface area is 121 Å². The van der Waals surface area contributed by atoms with Crippen LogP contribution in [0.15, 0.2) is 24.3 Å². The fourth-order valence-corrected chi connectivity index (χ4v) is 3.52. The second kappa shape index (κ2) is 7.32. The van der Waals surface area contributed by atoms with Crippen LogP contribution in [0.1, 0.15) is 37.5 Å². The summed E-state index contributed by atoms with van der Waals surface area (Å²) in [6.07, 6.45) is 2.16. The maximum Gasteiger partial charge on any atom is 0.0842 e. The van der Waals surface area contributed by atoms with Gasteiger partial charge >= 0.3 is 0 Å². The van der Waals surface area contributed by atoms with Crippen LogP contribution in [-0.2, 0) is 11.2 Å². The van der Waals surface area contributed by atoms with Crippen LogP contribution in [0.3, 0.4) is 0 Å². The number of ether oxygens (including phenoxy) is 1. The Hall–Kier alpha value is -0.510. The van der Waals surface area contributed by atoms with Crippen LogP contribution in [0, 0.1) is 5.92 Å². The molecular weight excluding hydrogens is 254 g/mol. The largest absolute Gasteiger partial charge is 0.373 e. The van der Waals surface area contributed by atoms with E-state index in [4.69, 9.17) is 10.5 Å². The Kier molecular flexibility index (Phi) is 5.74. The molecule has 0 saturated carbocycles. The molecule has 19 heavy (non-hydrogen) atoms. The zero-order valence-corrected chi connectivity index (χ0v) is 12.8. The quantitative estimate of drug-likeness (QED) is 0.866. The molecule has 2 unspecified atom stereocenters. The molecule has 0 aromatic heterocycles. The van der Waals surface area contributed by atoms with E-state index in [1.807, 2.05) is 11.8 Å². The molecular formula is C16H25NOS. The van der Waals surface area contributed by atoms with E-state index in [-0.39, 0.29) is 12.1 Å². The fourth-order valence-electron chi connectivity index (χ4n) is 2.47. The van der Waals surface area contributed by atoms with Gasteiger partial charge in [-0.3, -0.25) is 0 Å². The highest BCUT2D eigenvalue weighted by atomic mass is 32.2. The molecule has 2 rings (SSSR count). The molecule has 3 heteroatoms. The van der Waals surface area contributed by atoms with Crippen LogP contribution in [-0.4, -0.2) is 24.2 Å². The number of hydrogen-bond donors (Lipinski definition) is 1. The van der Waals surface area contributed by atoms with Crippen LogP contribution in [0.2, 0.25) is 0 Å². The highest BCUT2D eigenvalue weighted by Crippen LogP contribution is 2.30. The van der Waals surface area contributed by atoms with Gasteiger partial charge in [0, 0.05) is 11.8 Å². The van der Waals surface area contributed by atoms with Gasteiger partial charge in [0.2, 0.25) is 0 Å². The van der Waals surface area contributed by atoms with Gasteiger partial charge in [-0.15, -0.1) is 0 Å². The van der Waals surface area contributed by atoms with Gasteiger partial charge in [-0.2, -0.15) is 11.8 Å². The SMILES string of the molecule is CC(C)CSCC(N)CC1OCCc2ccccc21. The smallest absolute Gasteiger partial charge is 0.0842 e. The lowest BCUT2D eigenvalue weighted by Crippen LogP contribution is -2.29. The van der Waals surface area contributed by atoms with Crippen molar-refractivity contribution in [1.29, 1.82) is 0 Å². The van der Waals surface area contributed by atoms with E-state index in [0.29, 0.717) is 0 Å². The normalized spacial score (nSPS) is 20.3. The van der Waals surface area contributed by atoms with E-state index >= 15 is 0 Å². The summed E-state index contributed by atoms with van der Waals surface area (Å²) in [6.45, 7) is 5.32. The minimum atomic E-state index is 0.194. The van der Waals surface area contributed by atoms with Crippen molar-refractivity contribution in [3.05, 3.63) is 35.4 Å². The second-order valence-electron chi connectivity index (χ2n) is 5.74. The topological polar surface area (TPSA) is 35.2 Å². The van der Waals surface area contributed by atoms with E-state index in [1.54, 1.807) is 0 Å². The summed E-state index contributed by atoms with van der Waals surface area (Å²) in [5.74, 6) is 2.96. The van der Waals surface area contributed by atoms with Gasteiger partial charge in [-0.05, 0) is 35.6 Å². The monoisotopic (exact) mass is 279 g/mol. The molecule has 2 nitrogen and oxygen atoms in total. The van der Waals surface area contributed by atoms with Gasteiger partial charge in [-0.25, -0.2) is 0 Å². The third-order valence-corrected chi connectivity index (χ3v) is 4.96. The lowest BCUT2D eigenvalue weighted by Gasteiger charge is -2.28. The predicted molar refractivity (Wildman–Crippen MR) is 83.6 cm³/mol. The van der Waals surface area contributed by atoms with Crippen LogP contribution in [0.5, 0.6) is 0 Å². The number of rotatable bonds is 6. The molecule has 0 radical (unpaired) electrons. The Morgan fingerprint density at radius 2 is 2.11 bits per heavy atom. The van der Waals surface area contributed by atoms with Crippen molar-refractivity contribution in [3.63, 3.8) is 0 Å². The molecule has 1 aromatic carbocycles. The minimum Gasteiger partial charge on any atom is -0.373 e. The molecule has 0 aliphatic carbocycles. The summed E-state index contributed by atoms with van der Waals surface area (Å²) in [4.78, 5) is 0. The maximum absolute atomic E-state index is 6.25. The Morgan fingerprint density at radius 1 is 1.32 bits per heavy atom. The molecule has 1 aromatic rings. The third-order valence-electron chi connectivity index (χ3n) is 3.39. The molecule has 1 heterocycles. The molecule has 0 saturated heterocycles. The zero-order valence-electron chi connectivity index (χ0n) is 12.0. The summed E-state index contributed by atoms with van der Waals surface area (Å²) in [5, 5.41) is 0. The van der Waals surface area contributed by atoms with Gasteiger partial charge in [0.15, 0.2) is 0 Å². The lowest BCUT2D eigenvalue weighted by molar-refractivity contribution is 0.0334. The maximum atomic E-state index is 6.25. The summed E-state index contributed by atoms with van der Waals surface area (Å²) < 4.78 is 5.91. The molecule has 0 bridgehead atoms. The van der Waals surface area contributed by atoms with Gasteiger partial charge < -0.3 is 10.5 Å². The molecule has 2 atom stereocenters. The fraction of sp³-hybridized carbons (Fsp3) is 0.625. The van der Waals surface area contributed by atoms with E-state index in [9.17, 15) is 0 Å². The highest BCUT2D eigenvalue weighted by Gasteiger charge is 2.22. The van der Waals surface area contributed by atoms with Gasteiger partial charge in [0.25, 0.3) is 0 Å². The van der Waals surface area contributed by atoms with Crippen LogP contribution in [0.25, 0.3) is 0 Å². The molecule has 1 aliphatic rings. The molecule has 106 valence electrons. The number of nitrogens with two attached hydrogens (primary N) is 1. The van der Waals surface area contributed by atoms with Crippen molar-refractivity contribution < 1.29 is 4.74 Å². The lowest BCUT2D eigenvalue weighted by atomic mass is 9.94. The molecule has 0 fully saturated rings. The Balaban J connectivity index is 1.86. The average molecular weight is 279 g/mol. The average Bonchev–Trinajstić information content (AvgIpc) is 2.39. The number of hydrogen-bond acceptors (Lipinski definition) is 3. The second-order valence-corrected chi connectivity index (χ2v) is 6.81. The van der Waals surface area contributed by atoms with E-state index in [0.717, 1.165) is 31.1 Å². The summed E-state index contributed by atoms with van der Waals surface area (Å²) in [6, 6.07) is 8.83. The Morgan fingerprint density at radius 3 is 2.89 bits per heavy atom. The predicted octanol–water partition coefficient (Wildman–Crippen LogP) is 3.41. The zero-order chi connectivity index (χ0) is 13.7. The van der Waals surface area contributed by atoms with Crippen LogP contribution < -0.4 is 5.73 Å². The van der Waals surface area contributed by atoms with Crippen molar-refractivity contribution in [2.45, 2.75) is 38.8 Å². The highest BCUT2D eigenvalue weighted by molar-refractivity contribution is 7.99. The van der Waals surface area contributed by atoms with Crippen molar-refractivity contribution >= 4 is 11.8 Å². The number of thioether (sulfide) groups is 1. The molecule has 0 amide bonds. The first kappa shape index (κ1) is 14.9. The van der Waals surface area contributed by atoms with Crippen molar-refractivity contribution in [1.82, 2.24) is 0 Å². The first-order valence-corrected chi connectivity index (χ1v) is 8.35. The summed E-state index contributed by atoms with van der Waals surface area (Å²) >= 11 is 1.96. The Bertz CT molecular complexity index is 394. The van der Waals surface area contributed by atoms with Crippen LogP contribution >= 0.6 is 11.8 Å².